The zero-order chi connectivity index (χ0) is 16.6. The molecule has 0 aliphatic carbocycles. The first-order chi connectivity index (χ1) is 8.68. The Morgan fingerprint density at radius 3 is 1.35 bits per heavy atom. The Morgan fingerprint density at radius 1 is 0.700 bits per heavy atom. The summed E-state index contributed by atoms with van der Waals surface area (Å²) >= 11 is 0. The Labute approximate surface area is 129 Å². The lowest BCUT2D eigenvalue weighted by Gasteiger charge is -2.49. The summed E-state index contributed by atoms with van der Waals surface area (Å²) in [5.74, 6) is 0. The molecule has 0 saturated carbocycles. The van der Waals surface area contributed by atoms with Crippen LogP contribution in [0, 0.1) is 0 Å². The molecule has 0 radical (unpaired) electrons. The van der Waals surface area contributed by atoms with Gasteiger partial charge in [0.2, 0.25) is 15.7 Å². The zero-order valence-corrected chi connectivity index (χ0v) is 18.9. The first-order valence-electron chi connectivity index (χ1n) is 7.85. The van der Waals surface area contributed by atoms with E-state index in [0.717, 1.165) is 12.1 Å². The highest BCUT2D eigenvalue weighted by Crippen LogP contribution is 2.43. The van der Waals surface area contributed by atoms with Gasteiger partial charge in [0.15, 0.2) is 8.32 Å². The molecule has 0 aromatic carbocycles. The van der Waals surface area contributed by atoms with E-state index in [-0.39, 0.29) is 10.3 Å². The van der Waals surface area contributed by atoms with Crippen LogP contribution in [0.25, 0.3) is 0 Å². The molecule has 3 N–H and O–H groups in total. The lowest BCUT2D eigenvalue weighted by atomic mass is 10.9. The van der Waals surface area contributed by atoms with Crippen molar-refractivity contribution in [3.8, 4) is 0 Å². The third kappa shape index (κ3) is 3.74. The van der Waals surface area contributed by atoms with E-state index < -0.39 is 32.1 Å². The highest BCUT2D eigenvalue weighted by atomic mass is 29.3. The van der Waals surface area contributed by atoms with Gasteiger partial charge in [0.25, 0.3) is 0 Å². The summed E-state index contributed by atoms with van der Waals surface area (Å²) in [6.45, 7) is 18.7. The van der Waals surface area contributed by atoms with Crippen LogP contribution in [-0.2, 0) is 0 Å². The smallest absolute Gasteiger partial charge is 0.206 e. The molecule has 5 unspecified atom stereocenters. The molecule has 0 aromatic heterocycles. The van der Waals surface area contributed by atoms with Crippen LogP contribution in [0.1, 0.15) is 27.7 Å². The van der Waals surface area contributed by atoms with Crippen molar-refractivity contribution >= 4 is 32.1 Å². The SMILES string of the molecule is CC[Si](C)(C)C(C)[Si](C)(O)[Si](C)(O)C(C)[Si](C)(O)CC. The second kappa shape index (κ2) is 6.47. The highest BCUT2D eigenvalue weighted by molar-refractivity contribution is 7.41. The van der Waals surface area contributed by atoms with E-state index in [1.54, 1.807) is 0 Å². The minimum absolute atomic E-state index is 0.0780. The fourth-order valence-corrected chi connectivity index (χ4v) is 34.8. The molecule has 0 aliphatic heterocycles. The van der Waals surface area contributed by atoms with Gasteiger partial charge in [0, 0.05) is 8.07 Å². The molecule has 0 heterocycles. The van der Waals surface area contributed by atoms with Gasteiger partial charge < -0.3 is 14.4 Å². The summed E-state index contributed by atoms with van der Waals surface area (Å²) in [4.78, 5) is 33.2. The highest BCUT2D eigenvalue weighted by Gasteiger charge is 2.60. The lowest BCUT2D eigenvalue weighted by Crippen LogP contribution is -2.71. The van der Waals surface area contributed by atoms with E-state index in [1.807, 2.05) is 33.5 Å². The summed E-state index contributed by atoms with van der Waals surface area (Å²) in [5, 5.41) is 0.177. The Morgan fingerprint density at radius 2 is 1.05 bits per heavy atom. The molecule has 0 aromatic rings. The van der Waals surface area contributed by atoms with Crippen LogP contribution in [0.2, 0.25) is 55.2 Å². The summed E-state index contributed by atoms with van der Waals surface area (Å²) in [5.41, 5.74) is 0. The maximum Gasteiger partial charge on any atom is 0.206 e. The molecule has 5 atom stereocenters. The fraction of sp³-hybridized carbons (Fsp3) is 1.00. The third-order valence-corrected chi connectivity index (χ3v) is 37.4. The normalized spacial score (nSPS) is 25.2. The van der Waals surface area contributed by atoms with Crippen molar-refractivity contribution in [3.63, 3.8) is 0 Å². The molecule has 3 nitrogen and oxygen atoms in total. The Bertz CT molecular complexity index is 298. The van der Waals surface area contributed by atoms with Crippen molar-refractivity contribution in [2.24, 2.45) is 0 Å². The predicted molar refractivity (Wildman–Crippen MR) is 98.8 cm³/mol. The van der Waals surface area contributed by atoms with Crippen molar-refractivity contribution < 1.29 is 14.4 Å². The van der Waals surface area contributed by atoms with Gasteiger partial charge in [-0.15, -0.1) is 0 Å². The van der Waals surface area contributed by atoms with E-state index >= 15 is 0 Å². The van der Waals surface area contributed by atoms with Crippen molar-refractivity contribution in [1.29, 1.82) is 0 Å². The van der Waals surface area contributed by atoms with Gasteiger partial charge >= 0.3 is 0 Å². The minimum Gasteiger partial charge on any atom is -0.432 e. The number of hydrogen-bond donors (Lipinski definition) is 3. The second-order valence-electron chi connectivity index (χ2n) is 7.79. The standard InChI is InChI=1S/C13H36O3Si4/c1-10-17(5,6)12(3)19(8,15)20(9,16)13(4)18(7,14)11-2/h12-16H,10-11H2,1-9H3. The Balaban J connectivity index is 5.57. The van der Waals surface area contributed by atoms with E-state index in [0.29, 0.717) is 0 Å². The van der Waals surface area contributed by atoms with E-state index in [9.17, 15) is 14.4 Å². The van der Waals surface area contributed by atoms with E-state index in [2.05, 4.69) is 26.9 Å². The maximum absolute atomic E-state index is 11.3. The molecule has 122 valence electrons. The topological polar surface area (TPSA) is 60.7 Å². The van der Waals surface area contributed by atoms with Crippen molar-refractivity contribution in [3.05, 3.63) is 0 Å². The second-order valence-corrected chi connectivity index (χ2v) is 31.2. The van der Waals surface area contributed by atoms with Gasteiger partial charge in [-0.05, 0) is 36.0 Å². The number of rotatable bonds is 7. The summed E-state index contributed by atoms with van der Waals surface area (Å²) < 4.78 is 0. The lowest BCUT2D eigenvalue weighted by molar-refractivity contribution is 0.483. The largest absolute Gasteiger partial charge is 0.432 e. The van der Waals surface area contributed by atoms with Crippen LogP contribution in [0.4, 0.5) is 0 Å². The molecule has 0 fully saturated rings. The maximum atomic E-state index is 11.3. The van der Waals surface area contributed by atoms with Gasteiger partial charge in [-0.25, -0.2) is 0 Å². The van der Waals surface area contributed by atoms with Crippen LogP contribution in [0.5, 0.6) is 0 Å². The van der Waals surface area contributed by atoms with Crippen molar-refractivity contribution in [2.45, 2.75) is 82.8 Å². The van der Waals surface area contributed by atoms with Crippen LogP contribution in [0.3, 0.4) is 0 Å². The third-order valence-electron chi connectivity index (χ3n) is 6.44. The van der Waals surface area contributed by atoms with Gasteiger partial charge in [-0.3, -0.25) is 0 Å². The van der Waals surface area contributed by atoms with Gasteiger partial charge in [0.1, 0.15) is 0 Å². The molecule has 0 amide bonds. The minimum atomic E-state index is -2.84. The summed E-state index contributed by atoms with van der Waals surface area (Å²) in [6.07, 6.45) is 0. The van der Waals surface area contributed by atoms with Gasteiger partial charge in [0.05, 0.1) is 0 Å². The van der Waals surface area contributed by atoms with Gasteiger partial charge in [-0.2, -0.15) is 0 Å². The van der Waals surface area contributed by atoms with Crippen LogP contribution in [-0.4, -0.2) is 46.4 Å². The molecule has 0 aliphatic rings. The van der Waals surface area contributed by atoms with Crippen LogP contribution >= 0.6 is 0 Å². The molecular weight excluding hydrogens is 316 g/mol. The average molecular weight is 353 g/mol. The zero-order valence-electron chi connectivity index (χ0n) is 14.9. The molecule has 0 spiro atoms. The first-order valence-corrected chi connectivity index (χ1v) is 19.9. The fourth-order valence-electron chi connectivity index (χ4n) is 2.86. The van der Waals surface area contributed by atoms with Crippen molar-refractivity contribution in [2.75, 3.05) is 0 Å². The van der Waals surface area contributed by atoms with Gasteiger partial charge in [-0.1, -0.05) is 46.8 Å². The Kier molecular flexibility index (Phi) is 6.71. The average Bonchev–Trinajstić information content (AvgIpc) is 2.36. The quantitative estimate of drug-likeness (QED) is 0.616. The first kappa shape index (κ1) is 20.7. The van der Waals surface area contributed by atoms with Crippen molar-refractivity contribution in [1.82, 2.24) is 0 Å². The molecular formula is C13H36O3Si4. The number of hydrogen-bond acceptors (Lipinski definition) is 3. The summed E-state index contributed by atoms with van der Waals surface area (Å²) in [7, 11) is -9.55. The van der Waals surface area contributed by atoms with E-state index in [4.69, 9.17) is 0 Å². The molecule has 7 heteroatoms. The molecule has 0 bridgehead atoms. The molecule has 0 rings (SSSR count). The van der Waals surface area contributed by atoms with E-state index in [1.165, 1.54) is 0 Å². The molecule has 20 heavy (non-hydrogen) atoms. The molecule has 0 saturated heterocycles. The monoisotopic (exact) mass is 352 g/mol. The Hall–Kier alpha value is 0.748. The predicted octanol–water partition coefficient (Wildman–Crippen LogP) is 3.37. The summed E-state index contributed by atoms with van der Waals surface area (Å²) in [6, 6.07) is 1.86. The van der Waals surface area contributed by atoms with Crippen LogP contribution < -0.4 is 0 Å². The van der Waals surface area contributed by atoms with Crippen LogP contribution in [0.15, 0.2) is 0 Å².